The predicted octanol–water partition coefficient (Wildman–Crippen LogP) is 4.97. The molecule has 3 atom stereocenters. The second-order valence-corrected chi connectivity index (χ2v) is 9.55. The first-order valence-electron chi connectivity index (χ1n) is 11.8. The largest absolute Gasteiger partial charge is 0.324 e. The smallest absolute Gasteiger partial charge is 0.265 e. The Labute approximate surface area is 203 Å². The molecule has 2 aliphatic rings. The van der Waals surface area contributed by atoms with Crippen LogP contribution in [0.2, 0.25) is 0 Å². The normalized spacial score (nSPS) is 25.6. The Kier molecular flexibility index (Phi) is 4.76. The molecule has 1 spiro atoms. The zero-order valence-corrected chi connectivity index (χ0v) is 19.3. The predicted molar refractivity (Wildman–Crippen MR) is 136 cm³/mol. The van der Waals surface area contributed by atoms with Crippen molar-refractivity contribution in [2.45, 2.75) is 23.4 Å². The fourth-order valence-electron chi connectivity index (χ4n) is 6.57. The molecular formula is C29H25N3O3. The van der Waals surface area contributed by atoms with Crippen LogP contribution in [0.5, 0.6) is 0 Å². The van der Waals surface area contributed by atoms with Gasteiger partial charge in [-0.25, -0.2) is 0 Å². The number of rotatable bonds is 4. The summed E-state index contributed by atoms with van der Waals surface area (Å²) in [5.74, 6) is -0.837. The second kappa shape index (κ2) is 7.75. The molecule has 6 heteroatoms. The van der Waals surface area contributed by atoms with E-state index in [2.05, 4.69) is 5.32 Å². The first-order valence-corrected chi connectivity index (χ1v) is 11.8. The molecule has 4 aromatic carbocycles. The number of nitrogens with one attached hydrogen (secondary N) is 1. The van der Waals surface area contributed by atoms with Gasteiger partial charge in [0, 0.05) is 29.1 Å². The number of nitrogens with zero attached hydrogens (tertiary/aromatic N) is 2. The summed E-state index contributed by atoms with van der Waals surface area (Å²) in [4.78, 5) is 29.2. The summed E-state index contributed by atoms with van der Waals surface area (Å²) < 4.78 is 0. The monoisotopic (exact) mass is 463 g/mol. The molecule has 6 rings (SSSR count). The molecule has 1 fully saturated rings. The van der Waals surface area contributed by atoms with Gasteiger partial charge in [0.05, 0.1) is 5.92 Å². The Morgan fingerprint density at radius 2 is 1.63 bits per heavy atom. The van der Waals surface area contributed by atoms with Crippen molar-refractivity contribution in [3.8, 4) is 0 Å². The topological polar surface area (TPSA) is 75.5 Å². The van der Waals surface area contributed by atoms with Gasteiger partial charge in [-0.2, -0.15) is 0 Å². The fourth-order valence-corrected chi connectivity index (χ4v) is 6.57. The molecule has 1 N–H and O–H groups in total. The zero-order valence-electron chi connectivity index (χ0n) is 19.3. The van der Waals surface area contributed by atoms with E-state index in [1.54, 1.807) is 0 Å². The summed E-state index contributed by atoms with van der Waals surface area (Å²) in [6, 6.07) is 30.9. The standard InChI is InChI=1S/C29H25N3O3/c1-31-19-25(21-11-3-2-4-12-21)28(32(34)35,18-22-14-9-13-20-10-5-6-15-23(20)22)29(31)24-16-7-8-17-26(24)30-27(29)33/h2-17,25H,18-19H2,1H3,(H,30,33). The molecule has 6 nitrogen and oxygen atoms in total. The van der Waals surface area contributed by atoms with Crippen molar-refractivity contribution < 1.29 is 9.72 Å². The van der Waals surface area contributed by atoms with Crippen LogP contribution in [0.3, 0.4) is 0 Å². The van der Waals surface area contributed by atoms with Gasteiger partial charge in [0.15, 0.2) is 5.54 Å². The number of hydrogen-bond donors (Lipinski definition) is 1. The number of anilines is 1. The number of nitro groups is 1. The van der Waals surface area contributed by atoms with Crippen molar-refractivity contribution in [3.05, 3.63) is 124 Å². The highest BCUT2D eigenvalue weighted by atomic mass is 16.6. The van der Waals surface area contributed by atoms with Gasteiger partial charge >= 0.3 is 0 Å². The van der Waals surface area contributed by atoms with Crippen molar-refractivity contribution in [2.24, 2.45) is 0 Å². The van der Waals surface area contributed by atoms with E-state index in [-0.39, 0.29) is 17.3 Å². The Hall–Kier alpha value is -4.03. The lowest BCUT2D eigenvalue weighted by atomic mass is 9.64. The van der Waals surface area contributed by atoms with E-state index < -0.39 is 17.0 Å². The third-order valence-electron chi connectivity index (χ3n) is 7.99. The van der Waals surface area contributed by atoms with Gasteiger partial charge in [0.25, 0.3) is 11.4 Å². The van der Waals surface area contributed by atoms with E-state index in [1.165, 1.54) is 0 Å². The third-order valence-corrected chi connectivity index (χ3v) is 7.99. The summed E-state index contributed by atoms with van der Waals surface area (Å²) in [7, 11) is 1.84. The molecule has 1 amide bonds. The molecule has 4 aromatic rings. The van der Waals surface area contributed by atoms with Gasteiger partial charge in [-0.15, -0.1) is 0 Å². The molecule has 0 bridgehead atoms. The minimum Gasteiger partial charge on any atom is -0.324 e. The molecule has 1 saturated heterocycles. The number of para-hydroxylation sites is 1. The van der Waals surface area contributed by atoms with Gasteiger partial charge in [-0.1, -0.05) is 91.0 Å². The summed E-state index contributed by atoms with van der Waals surface area (Å²) >= 11 is 0. The molecule has 0 saturated carbocycles. The highest BCUT2D eigenvalue weighted by molar-refractivity contribution is 6.07. The number of likely N-dealkylation sites (tertiary alicyclic amines) is 1. The van der Waals surface area contributed by atoms with Gasteiger partial charge in [-0.3, -0.25) is 19.8 Å². The number of benzene rings is 4. The van der Waals surface area contributed by atoms with Crippen molar-refractivity contribution in [3.63, 3.8) is 0 Å². The fraction of sp³-hybridized carbons (Fsp3) is 0.207. The zero-order chi connectivity index (χ0) is 24.2. The number of carbonyl (C=O) groups excluding carboxylic acids is 1. The van der Waals surface area contributed by atoms with Crippen LogP contribution in [0.4, 0.5) is 5.69 Å². The van der Waals surface area contributed by atoms with Gasteiger partial charge in [-0.05, 0) is 35.0 Å². The maximum Gasteiger partial charge on any atom is 0.265 e. The molecule has 35 heavy (non-hydrogen) atoms. The minimum absolute atomic E-state index is 0.118. The maximum absolute atomic E-state index is 14.0. The van der Waals surface area contributed by atoms with Crippen molar-refractivity contribution in [2.75, 3.05) is 18.9 Å². The van der Waals surface area contributed by atoms with Gasteiger partial charge in [0.1, 0.15) is 0 Å². The van der Waals surface area contributed by atoms with Crippen LogP contribution in [0.25, 0.3) is 10.8 Å². The first kappa shape index (κ1) is 21.5. The third kappa shape index (κ3) is 2.77. The number of likely N-dealkylation sites (N-methyl/N-ethyl adjacent to an activating group) is 1. The van der Waals surface area contributed by atoms with Gasteiger partial charge < -0.3 is 5.32 Å². The van der Waals surface area contributed by atoms with Crippen molar-refractivity contribution in [1.29, 1.82) is 0 Å². The summed E-state index contributed by atoms with van der Waals surface area (Å²) in [5.41, 5.74) is -0.0444. The molecule has 3 unspecified atom stereocenters. The Morgan fingerprint density at radius 3 is 2.43 bits per heavy atom. The summed E-state index contributed by atoms with van der Waals surface area (Å²) in [6.07, 6.45) is 0.118. The van der Waals surface area contributed by atoms with E-state index in [0.29, 0.717) is 17.8 Å². The van der Waals surface area contributed by atoms with Gasteiger partial charge in [0.2, 0.25) is 0 Å². The Balaban J connectivity index is 1.68. The van der Waals surface area contributed by atoms with E-state index in [4.69, 9.17) is 0 Å². The minimum atomic E-state index is -1.64. The molecule has 0 radical (unpaired) electrons. The molecule has 2 heterocycles. The van der Waals surface area contributed by atoms with Crippen LogP contribution in [-0.4, -0.2) is 34.9 Å². The maximum atomic E-state index is 14.0. The summed E-state index contributed by atoms with van der Waals surface area (Å²) in [5, 5.41) is 18.5. The molecule has 0 aromatic heterocycles. The van der Waals surface area contributed by atoms with Crippen LogP contribution in [0.1, 0.15) is 22.6 Å². The highest BCUT2D eigenvalue weighted by Gasteiger charge is 2.78. The SMILES string of the molecule is CN1CC(c2ccccc2)C(Cc2cccc3ccccc23)([N+](=O)[O-])C12C(=O)Nc1ccccc12. The lowest BCUT2D eigenvalue weighted by Gasteiger charge is -2.40. The Bertz CT molecular complexity index is 1470. The summed E-state index contributed by atoms with van der Waals surface area (Å²) in [6.45, 7) is 0.386. The lowest BCUT2D eigenvalue weighted by Crippen LogP contribution is -2.64. The highest BCUT2D eigenvalue weighted by Crippen LogP contribution is 2.59. The van der Waals surface area contributed by atoms with Crippen LogP contribution in [0, 0.1) is 10.1 Å². The van der Waals surface area contributed by atoms with E-state index >= 15 is 0 Å². The van der Waals surface area contributed by atoms with Crippen LogP contribution >= 0.6 is 0 Å². The molecule has 174 valence electrons. The van der Waals surface area contributed by atoms with Crippen molar-refractivity contribution in [1.82, 2.24) is 4.90 Å². The van der Waals surface area contributed by atoms with Crippen LogP contribution < -0.4 is 5.32 Å². The van der Waals surface area contributed by atoms with Crippen LogP contribution in [-0.2, 0) is 16.8 Å². The molecule has 2 aliphatic heterocycles. The van der Waals surface area contributed by atoms with E-state index in [9.17, 15) is 14.9 Å². The first-order chi connectivity index (χ1) is 17.0. The van der Waals surface area contributed by atoms with Crippen LogP contribution in [0.15, 0.2) is 97.1 Å². The van der Waals surface area contributed by atoms with E-state index in [0.717, 1.165) is 21.9 Å². The average molecular weight is 464 g/mol. The number of hydrogen-bond acceptors (Lipinski definition) is 4. The van der Waals surface area contributed by atoms with E-state index in [1.807, 2.05) is 109 Å². The number of carbonyl (C=O) groups is 1. The van der Waals surface area contributed by atoms with Crippen molar-refractivity contribution >= 4 is 22.4 Å². The number of fused-ring (bicyclic) bond motifs is 3. The Morgan fingerprint density at radius 1 is 0.943 bits per heavy atom. The second-order valence-electron chi connectivity index (χ2n) is 9.55. The quantitative estimate of drug-likeness (QED) is 0.342. The lowest BCUT2D eigenvalue weighted by molar-refractivity contribution is -0.583. The molecule has 0 aliphatic carbocycles. The average Bonchev–Trinajstić information content (AvgIpc) is 3.33. The molecular weight excluding hydrogens is 438 g/mol. The number of amides is 1.